The Balaban J connectivity index is 1.31. The number of piperidine rings is 2. The van der Waals surface area contributed by atoms with Crippen molar-refractivity contribution in [2.45, 2.75) is 70.6 Å². The number of nitrogens with one attached hydrogen (secondary N) is 2. The van der Waals surface area contributed by atoms with Crippen molar-refractivity contribution in [2.75, 3.05) is 47.8 Å². The molecule has 1 unspecified atom stereocenters. The van der Waals surface area contributed by atoms with E-state index in [4.69, 9.17) is 22.2 Å². The predicted octanol–water partition coefficient (Wildman–Crippen LogP) is 5.75. The van der Waals surface area contributed by atoms with Gasteiger partial charge in [-0.05, 0) is 68.1 Å². The van der Waals surface area contributed by atoms with Gasteiger partial charge in [0.25, 0.3) is 0 Å². The normalized spacial score (nSPS) is 22.4. The third-order valence-corrected chi connectivity index (χ3v) is 8.79. The molecule has 0 spiro atoms. The Bertz CT molecular complexity index is 1010. The maximum atomic E-state index is 5.77. The summed E-state index contributed by atoms with van der Waals surface area (Å²) >= 11 is 5.77. The van der Waals surface area contributed by atoms with Gasteiger partial charge >= 0.3 is 0 Å². The Morgan fingerprint density at radius 3 is 2.31 bits per heavy atom. The van der Waals surface area contributed by atoms with Crippen LogP contribution >= 0.6 is 12.2 Å². The Morgan fingerprint density at radius 2 is 1.61 bits per heavy atom. The lowest BCUT2D eigenvalue weighted by molar-refractivity contribution is 0.434. The number of nitrogens with zero attached hydrogens (tertiary/aromatic N) is 4. The average Bonchev–Trinajstić information content (AvgIpc) is 3.39. The molecule has 1 aromatic heterocycles. The van der Waals surface area contributed by atoms with Crippen molar-refractivity contribution >= 4 is 34.9 Å². The molecule has 7 heteroatoms. The van der Waals surface area contributed by atoms with Crippen molar-refractivity contribution in [3.8, 4) is 0 Å². The first-order valence-corrected chi connectivity index (χ1v) is 14.4. The highest BCUT2D eigenvalue weighted by molar-refractivity contribution is 7.80. The van der Waals surface area contributed by atoms with E-state index in [0.29, 0.717) is 17.0 Å². The molecular formula is C29H42N6S. The summed E-state index contributed by atoms with van der Waals surface area (Å²) < 4.78 is 0. The van der Waals surface area contributed by atoms with Crippen molar-refractivity contribution in [1.82, 2.24) is 15.3 Å². The molecule has 1 saturated carbocycles. The van der Waals surface area contributed by atoms with Crippen LogP contribution in [0.5, 0.6) is 0 Å². The number of anilines is 3. The predicted molar refractivity (Wildman–Crippen MR) is 154 cm³/mol. The van der Waals surface area contributed by atoms with Crippen LogP contribution in [0.2, 0.25) is 0 Å². The molecule has 3 fully saturated rings. The van der Waals surface area contributed by atoms with Crippen LogP contribution in [-0.2, 0) is 5.41 Å². The van der Waals surface area contributed by atoms with Gasteiger partial charge < -0.3 is 20.4 Å². The standard InChI is InChI=1S/C29H42N6S/c1-22-12-17-34(18-13-22)25-19-26(35-16-8-9-23(2)20-35)32-27(31-25)33-28(36)30-21-29(14-6-7-15-29)24-10-4-3-5-11-24/h3-5,10-11,19,22-23H,6-9,12-18,20-21H2,1-2H3,(H2,30,31,32,33,36). The topological polar surface area (TPSA) is 56.3 Å². The van der Waals surface area contributed by atoms with Gasteiger partial charge in [-0.1, -0.05) is 57.0 Å². The van der Waals surface area contributed by atoms with Crippen molar-refractivity contribution < 1.29 is 0 Å². The maximum Gasteiger partial charge on any atom is 0.232 e. The summed E-state index contributed by atoms with van der Waals surface area (Å²) in [6, 6.07) is 13.1. The molecule has 3 aliphatic rings. The zero-order chi connectivity index (χ0) is 25.0. The van der Waals surface area contributed by atoms with E-state index in [9.17, 15) is 0 Å². The summed E-state index contributed by atoms with van der Waals surface area (Å²) in [6.07, 6.45) is 9.87. The van der Waals surface area contributed by atoms with Gasteiger partial charge in [-0.25, -0.2) is 0 Å². The number of hydrogen-bond donors (Lipinski definition) is 2. The fourth-order valence-corrected chi connectivity index (χ4v) is 6.41. The summed E-state index contributed by atoms with van der Waals surface area (Å²) in [6.45, 7) is 9.73. The molecule has 3 heterocycles. The summed E-state index contributed by atoms with van der Waals surface area (Å²) in [5.74, 6) is 4.12. The van der Waals surface area contributed by atoms with Crippen LogP contribution in [0.15, 0.2) is 36.4 Å². The molecule has 194 valence electrons. The Morgan fingerprint density at radius 1 is 0.917 bits per heavy atom. The van der Waals surface area contributed by atoms with Gasteiger partial charge in [0, 0.05) is 44.2 Å². The van der Waals surface area contributed by atoms with Gasteiger partial charge in [-0.2, -0.15) is 9.97 Å². The third-order valence-electron chi connectivity index (χ3n) is 8.55. The van der Waals surface area contributed by atoms with E-state index in [1.54, 1.807) is 0 Å². The molecule has 1 atom stereocenters. The van der Waals surface area contributed by atoms with Gasteiger partial charge in [-0.3, -0.25) is 0 Å². The van der Waals surface area contributed by atoms with Gasteiger partial charge in [0.05, 0.1) is 0 Å². The molecule has 36 heavy (non-hydrogen) atoms. The molecule has 2 N–H and O–H groups in total. The Labute approximate surface area is 222 Å². The second kappa shape index (κ2) is 11.3. The summed E-state index contributed by atoms with van der Waals surface area (Å²) in [7, 11) is 0. The van der Waals surface area contributed by atoms with Crippen molar-refractivity contribution in [2.24, 2.45) is 11.8 Å². The second-order valence-corrected chi connectivity index (χ2v) is 11.8. The van der Waals surface area contributed by atoms with E-state index in [1.807, 2.05) is 0 Å². The van der Waals surface area contributed by atoms with E-state index in [2.05, 4.69) is 70.7 Å². The molecule has 6 nitrogen and oxygen atoms in total. The van der Waals surface area contributed by atoms with E-state index < -0.39 is 0 Å². The van der Waals surface area contributed by atoms with Gasteiger partial charge in [0.1, 0.15) is 11.6 Å². The lowest BCUT2D eigenvalue weighted by Crippen LogP contribution is -2.41. The van der Waals surface area contributed by atoms with Crippen molar-refractivity contribution in [3.63, 3.8) is 0 Å². The largest absolute Gasteiger partial charge is 0.361 e. The monoisotopic (exact) mass is 506 g/mol. The first-order chi connectivity index (χ1) is 17.5. The fourth-order valence-electron chi connectivity index (χ4n) is 6.24. The zero-order valence-electron chi connectivity index (χ0n) is 22.0. The van der Waals surface area contributed by atoms with Crippen LogP contribution in [-0.4, -0.2) is 47.8 Å². The van der Waals surface area contributed by atoms with Gasteiger partial charge in [-0.15, -0.1) is 0 Å². The van der Waals surface area contributed by atoms with Gasteiger partial charge in [0.2, 0.25) is 5.95 Å². The van der Waals surface area contributed by atoms with Crippen LogP contribution in [0.3, 0.4) is 0 Å². The smallest absolute Gasteiger partial charge is 0.232 e. The summed E-state index contributed by atoms with van der Waals surface area (Å²) in [5.41, 5.74) is 1.56. The van der Waals surface area contributed by atoms with E-state index in [1.165, 1.54) is 56.9 Å². The van der Waals surface area contributed by atoms with E-state index in [0.717, 1.165) is 50.3 Å². The highest BCUT2D eigenvalue weighted by Crippen LogP contribution is 2.40. The zero-order valence-corrected chi connectivity index (χ0v) is 22.8. The van der Waals surface area contributed by atoms with E-state index in [-0.39, 0.29) is 5.41 Å². The van der Waals surface area contributed by atoms with Crippen LogP contribution in [0.25, 0.3) is 0 Å². The third kappa shape index (κ3) is 5.93. The molecular weight excluding hydrogens is 464 g/mol. The number of thiocarbonyl (C=S) groups is 1. The molecule has 1 aromatic carbocycles. The minimum atomic E-state index is 0.148. The average molecular weight is 507 g/mol. The molecule has 2 saturated heterocycles. The molecule has 0 radical (unpaired) electrons. The maximum absolute atomic E-state index is 5.77. The molecule has 1 aliphatic carbocycles. The lowest BCUT2D eigenvalue weighted by atomic mass is 9.79. The first kappa shape index (κ1) is 25.2. The fraction of sp³-hybridized carbons (Fsp3) is 0.621. The quantitative estimate of drug-likeness (QED) is 0.484. The molecule has 2 aliphatic heterocycles. The van der Waals surface area contributed by atoms with Crippen molar-refractivity contribution in [1.29, 1.82) is 0 Å². The number of benzene rings is 1. The lowest BCUT2D eigenvalue weighted by Gasteiger charge is -2.34. The minimum absolute atomic E-state index is 0.148. The van der Waals surface area contributed by atoms with Crippen LogP contribution < -0.4 is 20.4 Å². The van der Waals surface area contributed by atoms with Crippen molar-refractivity contribution in [3.05, 3.63) is 42.0 Å². The summed E-state index contributed by atoms with van der Waals surface area (Å²) in [4.78, 5) is 14.7. The highest BCUT2D eigenvalue weighted by atomic mass is 32.1. The van der Waals surface area contributed by atoms with Gasteiger partial charge in [0.15, 0.2) is 5.11 Å². The summed E-state index contributed by atoms with van der Waals surface area (Å²) in [5, 5.41) is 7.51. The number of rotatable bonds is 6. The Hall–Kier alpha value is -2.41. The highest BCUT2D eigenvalue weighted by Gasteiger charge is 2.35. The van der Waals surface area contributed by atoms with Crippen LogP contribution in [0, 0.1) is 11.8 Å². The minimum Gasteiger partial charge on any atom is -0.361 e. The molecule has 5 rings (SSSR count). The second-order valence-electron chi connectivity index (χ2n) is 11.4. The van der Waals surface area contributed by atoms with Crippen LogP contribution in [0.1, 0.15) is 70.8 Å². The Kier molecular flexibility index (Phi) is 7.94. The SMILES string of the molecule is CC1CCN(c2cc(N3CCCC(C)C3)nc(NC(=S)NCC3(c4ccccc4)CCCC3)n2)CC1. The molecule has 0 bridgehead atoms. The molecule has 0 amide bonds. The van der Waals surface area contributed by atoms with Crippen LogP contribution in [0.4, 0.5) is 17.6 Å². The number of hydrogen-bond acceptors (Lipinski definition) is 5. The number of aromatic nitrogens is 2. The first-order valence-electron chi connectivity index (χ1n) is 14.0. The van der Waals surface area contributed by atoms with E-state index >= 15 is 0 Å². The molecule has 2 aromatic rings.